The van der Waals surface area contributed by atoms with Crippen LogP contribution in [0.2, 0.25) is 5.02 Å². The molecule has 1 aliphatic heterocycles. The van der Waals surface area contributed by atoms with Gasteiger partial charge in [0, 0.05) is 25.0 Å². The Morgan fingerprint density at radius 2 is 2.24 bits per heavy atom. The first-order valence-corrected chi connectivity index (χ1v) is 6.98. The Morgan fingerprint density at radius 1 is 1.52 bits per heavy atom. The molecule has 0 saturated heterocycles. The first-order valence-electron chi connectivity index (χ1n) is 6.61. The number of aromatic hydroxyl groups is 1. The van der Waals surface area contributed by atoms with Crippen LogP contribution in [-0.2, 0) is 4.74 Å². The lowest BCUT2D eigenvalue weighted by Crippen LogP contribution is -2.36. The molecule has 1 aliphatic rings. The second-order valence-corrected chi connectivity index (χ2v) is 5.44. The first-order chi connectivity index (χ1) is 9.95. The van der Waals surface area contributed by atoms with Crippen molar-refractivity contribution in [2.24, 2.45) is 11.0 Å². The molecule has 0 aromatic heterocycles. The van der Waals surface area contributed by atoms with Gasteiger partial charge in [-0.05, 0) is 18.6 Å². The van der Waals surface area contributed by atoms with E-state index in [2.05, 4.69) is 10.5 Å². The predicted molar refractivity (Wildman–Crippen MR) is 79.8 cm³/mol. The number of methoxy groups -OCH3 is 1. The number of phenols is 1. The second-order valence-electron chi connectivity index (χ2n) is 5.06. The average Bonchev–Trinajstić information content (AvgIpc) is 2.44. The summed E-state index contributed by atoms with van der Waals surface area (Å²) < 4.78 is 10.4. The minimum atomic E-state index is -0.666. The van der Waals surface area contributed by atoms with Crippen LogP contribution in [0.25, 0.3) is 0 Å². The van der Waals surface area contributed by atoms with Crippen LogP contribution in [0.3, 0.4) is 0 Å². The number of aryl methyl sites for hydroxylation is 1. The van der Waals surface area contributed by atoms with Crippen molar-refractivity contribution in [2.45, 2.75) is 26.5 Å². The number of rotatable bonds is 4. The number of aliphatic hydroxyl groups is 1. The summed E-state index contributed by atoms with van der Waals surface area (Å²) in [4.78, 5) is 0. The van der Waals surface area contributed by atoms with Crippen molar-refractivity contribution < 1.29 is 19.7 Å². The van der Waals surface area contributed by atoms with E-state index in [4.69, 9.17) is 21.1 Å². The van der Waals surface area contributed by atoms with Crippen LogP contribution < -0.4 is 10.2 Å². The number of hydrogen-bond donors (Lipinski definition) is 3. The number of hydrogen-bond acceptors (Lipinski definition) is 6. The molecule has 0 bridgehead atoms. The van der Waals surface area contributed by atoms with Crippen LogP contribution in [-0.4, -0.2) is 36.1 Å². The van der Waals surface area contributed by atoms with Gasteiger partial charge >= 0.3 is 0 Å². The molecule has 0 amide bonds. The van der Waals surface area contributed by atoms with Gasteiger partial charge in [0.1, 0.15) is 17.0 Å². The molecule has 3 N–H and O–H groups in total. The average molecular weight is 315 g/mol. The maximum absolute atomic E-state index is 9.97. The van der Waals surface area contributed by atoms with Crippen molar-refractivity contribution >= 4 is 17.3 Å². The van der Waals surface area contributed by atoms with Crippen LogP contribution in [0.15, 0.2) is 11.2 Å². The Hall–Kier alpha value is -1.50. The number of nitrogens with zero attached hydrogens (tertiary/aromatic N) is 1. The van der Waals surface area contributed by atoms with E-state index in [-0.39, 0.29) is 23.5 Å². The molecular weight excluding hydrogens is 296 g/mol. The van der Waals surface area contributed by atoms with Crippen molar-refractivity contribution in [3.05, 3.63) is 22.2 Å². The SMILES string of the molecule is COCOc1c(C2=NNC(O)CC2C)cc(C)c(O)c1Cl. The molecule has 7 heteroatoms. The molecule has 1 aromatic carbocycles. The highest BCUT2D eigenvalue weighted by molar-refractivity contribution is 6.34. The smallest absolute Gasteiger partial charge is 0.188 e. The number of hydrazone groups is 1. The van der Waals surface area contributed by atoms with E-state index in [9.17, 15) is 10.2 Å². The Balaban J connectivity index is 2.51. The van der Waals surface area contributed by atoms with Gasteiger partial charge in [0.15, 0.2) is 12.5 Å². The van der Waals surface area contributed by atoms with E-state index in [1.807, 2.05) is 6.92 Å². The van der Waals surface area contributed by atoms with E-state index in [0.29, 0.717) is 23.3 Å². The standard InChI is InChI=1S/C14H19ClN2O4/c1-7-5-10(18)16-17-12(7)9-4-8(2)13(19)11(15)14(9)21-6-20-3/h4,7,10,16,18-19H,5-6H2,1-3H3. The number of halogens is 1. The third kappa shape index (κ3) is 3.23. The molecule has 21 heavy (non-hydrogen) atoms. The quantitative estimate of drug-likeness (QED) is 0.740. The summed E-state index contributed by atoms with van der Waals surface area (Å²) in [5.74, 6) is 0.320. The summed E-state index contributed by atoms with van der Waals surface area (Å²) in [6.45, 7) is 3.72. The zero-order chi connectivity index (χ0) is 15.6. The molecule has 0 fully saturated rings. The van der Waals surface area contributed by atoms with Crippen molar-refractivity contribution in [1.82, 2.24) is 5.43 Å². The van der Waals surface area contributed by atoms with E-state index < -0.39 is 6.23 Å². The Labute approximate surface area is 128 Å². The Kier molecular flexibility index (Phi) is 4.92. The number of aliphatic hydroxyl groups excluding tert-OH is 1. The zero-order valence-corrected chi connectivity index (χ0v) is 12.9. The van der Waals surface area contributed by atoms with Gasteiger partial charge in [-0.2, -0.15) is 5.10 Å². The van der Waals surface area contributed by atoms with Gasteiger partial charge in [0.2, 0.25) is 0 Å². The summed E-state index contributed by atoms with van der Waals surface area (Å²) in [7, 11) is 1.50. The van der Waals surface area contributed by atoms with Gasteiger partial charge in [-0.15, -0.1) is 0 Å². The molecule has 0 spiro atoms. The highest BCUT2D eigenvalue weighted by atomic mass is 35.5. The summed E-state index contributed by atoms with van der Waals surface area (Å²) >= 11 is 6.18. The van der Waals surface area contributed by atoms with Gasteiger partial charge in [0.25, 0.3) is 0 Å². The maximum Gasteiger partial charge on any atom is 0.188 e. The van der Waals surface area contributed by atoms with E-state index in [1.165, 1.54) is 7.11 Å². The highest BCUT2D eigenvalue weighted by Crippen LogP contribution is 2.40. The highest BCUT2D eigenvalue weighted by Gasteiger charge is 2.27. The summed E-state index contributed by atoms with van der Waals surface area (Å²) in [6.07, 6.45) is -0.138. The summed E-state index contributed by atoms with van der Waals surface area (Å²) in [5.41, 5.74) is 4.67. The van der Waals surface area contributed by atoms with Crippen LogP contribution in [0.1, 0.15) is 24.5 Å². The topological polar surface area (TPSA) is 83.3 Å². The number of nitrogens with one attached hydrogen (secondary N) is 1. The third-order valence-corrected chi connectivity index (χ3v) is 3.71. The minimum absolute atomic E-state index is 0.00688. The third-order valence-electron chi connectivity index (χ3n) is 3.36. The van der Waals surface area contributed by atoms with Gasteiger partial charge < -0.3 is 19.7 Å². The van der Waals surface area contributed by atoms with E-state index >= 15 is 0 Å². The van der Waals surface area contributed by atoms with Crippen molar-refractivity contribution in [2.75, 3.05) is 13.9 Å². The lowest BCUT2D eigenvalue weighted by molar-refractivity contribution is 0.0508. The Morgan fingerprint density at radius 3 is 2.86 bits per heavy atom. The molecule has 1 aromatic rings. The lowest BCUT2D eigenvalue weighted by atomic mass is 9.92. The van der Waals surface area contributed by atoms with Crippen LogP contribution in [0, 0.1) is 12.8 Å². The van der Waals surface area contributed by atoms with Gasteiger partial charge in [-0.1, -0.05) is 18.5 Å². The zero-order valence-electron chi connectivity index (χ0n) is 12.2. The molecule has 2 atom stereocenters. The molecule has 0 aliphatic carbocycles. The number of benzene rings is 1. The fraction of sp³-hybridized carbons (Fsp3) is 0.500. The minimum Gasteiger partial charge on any atom is -0.506 e. The molecule has 116 valence electrons. The van der Waals surface area contributed by atoms with Crippen molar-refractivity contribution in [1.29, 1.82) is 0 Å². The largest absolute Gasteiger partial charge is 0.506 e. The van der Waals surface area contributed by atoms with Gasteiger partial charge in [-0.25, -0.2) is 0 Å². The van der Waals surface area contributed by atoms with Gasteiger partial charge in [0.05, 0.1) is 5.71 Å². The lowest BCUT2D eigenvalue weighted by Gasteiger charge is -2.26. The predicted octanol–water partition coefficient (Wildman–Crippen LogP) is 1.99. The summed E-state index contributed by atoms with van der Waals surface area (Å²) in [6, 6.07) is 1.76. The van der Waals surface area contributed by atoms with Crippen LogP contribution in [0.5, 0.6) is 11.5 Å². The normalized spacial score (nSPS) is 21.7. The molecule has 6 nitrogen and oxygen atoms in total. The second kappa shape index (κ2) is 6.51. The van der Waals surface area contributed by atoms with Crippen LogP contribution in [0.4, 0.5) is 0 Å². The molecule has 2 unspecified atom stereocenters. The fourth-order valence-electron chi connectivity index (χ4n) is 2.28. The monoisotopic (exact) mass is 314 g/mol. The molecule has 1 heterocycles. The van der Waals surface area contributed by atoms with Crippen LogP contribution >= 0.6 is 11.6 Å². The summed E-state index contributed by atoms with van der Waals surface area (Å²) in [5, 5.41) is 23.9. The van der Waals surface area contributed by atoms with Crippen molar-refractivity contribution in [3.63, 3.8) is 0 Å². The molecule has 0 radical (unpaired) electrons. The molecular formula is C14H19ClN2O4. The van der Waals surface area contributed by atoms with E-state index in [1.54, 1.807) is 13.0 Å². The van der Waals surface area contributed by atoms with Crippen molar-refractivity contribution in [3.8, 4) is 11.5 Å². The molecule has 2 rings (SSSR count). The Bertz CT molecular complexity index is 562. The first kappa shape index (κ1) is 15.9. The number of phenolic OH excluding ortho intramolecular Hbond substituents is 1. The maximum atomic E-state index is 9.97. The molecule has 0 saturated carbocycles. The van der Waals surface area contributed by atoms with Gasteiger partial charge in [-0.3, -0.25) is 5.43 Å². The fourth-order valence-corrected chi connectivity index (χ4v) is 2.58. The number of ether oxygens (including phenoxy) is 2. The van der Waals surface area contributed by atoms with E-state index in [0.717, 1.165) is 5.71 Å².